The van der Waals surface area contributed by atoms with Crippen LogP contribution >= 0.6 is 0 Å². The van der Waals surface area contributed by atoms with Crippen LogP contribution in [0.15, 0.2) is 12.1 Å². The molecular formula is C14H18O5. The third kappa shape index (κ3) is 2.98. The van der Waals surface area contributed by atoms with E-state index in [1.165, 1.54) is 13.2 Å². The second kappa shape index (κ2) is 5.93. The van der Waals surface area contributed by atoms with Crippen LogP contribution in [0.5, 0.6) is 11.5 Å². The van der Waals surface area contributed by atoms with Crippen molar-refractivity contribution in [3.63, 3.8) is 0 Å². The second-order valence-corrected chi connectivity index (χ2v) is 4.64. The predicted octanol–water partition coefficient (Wildman–Crippen LogP) is 2.95. The Hall–Kier alpha value is -1.75. The number of carbonyl (C=O) groups is 1. The molecule has 1 aliphatic rings. The lowest BCUT2D eigenvalue weighted by molar-refractivity contribution is -0.179. The van der Waals surface area contributed by atoms with Crippen molar-refractivity contribution in [2.45, 2.75) is 38.7 Å². The van der Waals surface area contributed by atoms with E-state index < -0.39 is 5.97 Å². The molecule has 2 rings (SSSR count). The van der Waals surface area contributed by atoms with Crippen LogP contribution in [0.1, 0.15) is 41.6 Å². The minimum atomic E-state index is -0.974. The third-order valence-corrected chi connectivity index (χ3v) is 3.36. The maximum atomic E-state index is 11.2. The van der Waals surface area contributed by atoms with Gasteiger partial charge in [0.1, 0.15) is 0 Å². The van der Waals surface area contributed by atoms with E-state index >= 15 is 0 Å². The van der Waals surface area contributed by atoms with Crippen LogP contribution in [0.3, 0.4) is 0 Å². The first kappa shape index (κ1) is 13.7. The molecule has 0 spiro atoms. The molecule has 1 aromatic rings. The summed E-state index contributed by atoms with van der Waals surface area (Å²) in [7, 11) is 1.40. The minimum Gasteiger partial charge on any atom is -0.486 e. The summed E-state index contributed by atoms with van der Waals surface area (Å²) >= 11 is 0. The van der Waals surface area contributed by atoms with E-state index in [-0.39, 0.29) is 11.7 Å². The highest BCUT2D eigenvalue weighted by atomic mass is 17.2. The van der Waals surface area contributed by atoms with E-state index in [4.69, 9.17) is 14.7 Å². The normalized spacial score (nSPS) is 15.5. The molecule has 1 aromatic carbocycles. The number of carboxylic acids is 1. The highest BCUT2D eigenvalue weighted by Crippen LogP contribution is 2.36. The van der Waals surface area contributed by atoms with Gasteiger partial charge in [0.25, 0.3) is 0 Å². The lowest BCUT2D eigenvalue weighted by atomic mass is 10.1. The highest BCUT2D eigenvalue weighted by Gasteiger charge is 2.23. The number of hydrogen-bond donors (Lipinski definition) is 1. The first-order chi connectivity index (χ1) is 9.13. The van der Waals surface area contributed by atoms with Gasteiger partial charge in [0.05, 0.1) is 18.8 Å². The number of ether oxygens (including phenoxy) is 1. The van der Waals surface area contributed by atoms with Crippen LogP contribution < -0.4 is 9.62 Å². The van der Waals surface area contributed by atoms with Gasteiger partial charge in [-0.2, -0.15) is 4.89 Å². The van der Waals surface area contributed by atoms with Crippen LogP contribution in [-0.4, -0.2) is 24.3 Å². The van der Waals surface area contributed by atoms with Gasteiger partial charge in [-0.25, -0.2) is 4.79 Å². The molecule has 0 saturated heterocycles. The number of hydrogen-bond acceptors (Lipinski definition) is 4. The van der Waals surface area contributed by atoms with Gasteiger partial charge in [0, 0.05) is 5.56 Å². The van der Waals surface area contributed by atoms with Crippen molar-refractivity contribution in [1.82, 2.24) is 0 Å². The Balaban J connectivity index is 2.34. The molecule has 0 amide bonds. The Morgan fingerprint density at radius 2 is 2.00 bits per heavy atom. The van der Waals surface area contributed by atoms with Gasteiger partial charge in [-0.15, -0.1) is 0 Å². The lowest BCUT2D eigenvalue weighted by Gasteiger charge is -2.18. The van der Waals surface area contributed by atoms with Crippen molar-refractivity contribution in [2.75, 3.05) is 7.11 Å². The molecule has 19 heavy (non-hydrogen) atoms. The van der Waals surface area contributed by atoms with E-state index in [0.29, 0.717) is 17.1 Å². The summed E-state index contributed by atoms with van der Waals surface area (Å²) in [4.78, 5) is 20.9. The summed E-state index contributed by atoms with van der Waals surface area (Å²) in [5.74, 6) is -0.0942. The molecule has 0 aliphatic heterocycles. The SMILES string of the molecule is COOc1ccc(C(=O)O)c(C)c1OC1CCCC1. The number of aromatic carboxylic acids is 1. The van der Waals surface area contributed by atoms with E-state index in [2.05, 4.69) is 4.89 Å². The molecule has 1 aliphatic carbocycles. The van der Waals surface area contributed by atoms with E-state index in [9.17, 15) is 4.79 Å². The summed E-state index contributed by atoms with van der Waals surface area (Å²) in [6.07, 6.45) is 4.39. The van der Waals surface area contributed by atoms with E-state index in [1.807, 2.05) is 0 Å². The van der Waals surface area contributed by atoms with Crippen molar-refractivity contribution < 1.29 is 24.4 Å². The van der Waals surface area contributed by atoms with Crippen molar-refractivity contribution in [3.05, 3.63) is 23.3 Å². The molecule has 1 saturated carbocycles. The monoisotopic (exact) mass is 266 g/mol. The molecule has 0 aromatic heterocycles. The van der Waals surface area contributed by atoms with Crippen LogP contribution in [0.4, 0.5) is 0 Å². The summed E-state index contributed by atoms with van der Waals surface area (Å²) < 4.78 is 5.91. The number of rotatable bonds is 5. The quantitative estimate of drug-likeness (QED) is 0.655. The topological polar surface area (TPSA) is 65.0 Å². The van der Waals surface area contributed by atoms with E-state index in [1.54, 1.807) is 13.0 Å². The first-order valence-electron chi connectivity index (χ1n) is 6.37. The van der Waals surface area contributed by atoms with Crippen molar-refractivity contribution in [1.29, 1.82) is 0 Å². The molecule has 1 fully saturated rings. The van der Waals surface area contributed by atoms with Gasteiger partial charge in [0.15, 0.2) is 5.75 Å². The maximum Gasteiger partial charge on any atom is 0.336 e. The molecule has 0 bridgehead atoms. The average molecular weight is 266 g/mol. The summed E-state index contributed by atoms with van der Waals surface area (Å²) in [6.45, 7) is 1.72. The van der Waals surface area contributed by atoms with Gasteiger partial charge in [-0.05, 0) is 44.7 Å². The summed E-state index contributed by atoms with van der Waals surface area (Å²) in [5, 5.41) is 9.14. The number of carboxylic acid groups (broad SMARTS) is 1. The Bertz CT molecular complexity index is 463. The van der Waals surface area contributed by atoms with Crippen LogP contribution in [-0.2, 0) is 4.89 Å². The van der Waals surface area contributed by atoms with Crippen LogP contribution in [0.2, 0.25) is 0 Å². The zero-order chi connectivity index (χ0) is 13.8. The number of benzene rings is 1. The van der Waals surface area contributed by atoms with Crippen LogP contribution in [0.25, 0.3) is 0 Å². The van der Waals surface area contributed by atoms with Crippen molar-refractivity contribution in [3.8, 4) is 11.5 Å². The zero-order valence-electron chi connectivity index (χ0n) is 11.1. The fraction of sp³-hybridized carbons (Fsp3) is 0.500. The fourth-order valence-electron chi connectivity index (χ4n) is 2.37. The minimum absolute atomic E-state index is 0.127. The molecule has 0 heterocycles. The molecule has 5 nitrogen and oxygen atoms in total. The Kier molecular flexibility index (Phi) is 4.27. The van der Waals surface area contributed by atoms with E-state index in [0.717, 1.165) is 25.7 Å². The van der Waals surface area contributed by atoms with Gasteiger partial charge in [-0.1, -0.05) is 0 Å². The Morgan fingerprint density at radius 1 is 1.32 bits per heavy atom. The molecule has 104 valence electrons. The zero-order valence-corrected chi connectivity index (χ0v) is 11.1. The third-order valence-electron chi connectivity index (χ3n) is 3.36. The van der Waals surface area contributed by atoms with Crippen molar-refractivity contribution >= 4 is 5.97 Å². The average Bonchev–Trinajstić information content (AvgIpc) is 2.86. The molecule has 0 atom stereocenters. The Morgan fingerprint density at radius 3 is 2.58 bits per heavy atom. The van der Waals surface area contributed by atoms with Gasteiger partial charge < -0.3 is 14.7 Å². The summed E-state index contributed by atoms with van der Waals surface area (Å²) in [6, 6.07) is 3.05. The largest absolute Gasteiger partial charge is 0.486 e. The highest BCUT2D eigenvalue weighted by molar-refractivity contribution is 5.90. The lowest BCUT2D eigenvalue weighted by Crippen LogP contribution is -2.14. The van der Waals surface area contributed by atoms with Crippen molar-refractivity contribution in [2.24, 2.45) is 0 Å². The maximum absolute atomic E-state index is 11.2. The molecule has 1 N–H and O–H groups in total. The predicted molar refractivity (Wildman–Crippen MR) is 68.7 cm³/mol. The van der Waals surface area contributed by atoms with Gasteiger partial charge in [0.2, 0.25) is 5.75 Å². The Labute approximate surface area is 112 Å². The van der Waals surface area contributed by atoms with Gasteiger partial charge >= 0.3 is 5.97 Å². The van der Waals surface area contributed by atoms with Crippen LogP contribution in [0, 0.1) is 6.92 Å². The molecule has 5 heteroatoms. The van der Waals surface area contributed by atoms with Gasteiger partial charge in [-0.3, -0.25) is 0 Å². The first-order valence-corrected chi connectivity index (χ1v) is 6.37. The molecular weight excluding hydrogens is 248 g/mol. The smallest absolute Gasteiger partial charge is 0.336 e. The summed E-state index contributed by atoms with van der Waals surface area (Å²) in [5.41, 5.74) is 0.783. The fourth-order valence-corrected chi connectivity index (χ4v) is 2.37. The molecule has 0 unspecified atom stereocenters. The molecule has 0 radical (unpaired) electrons. The standard InChI is InChI=1S/C14H18O5/c1-9-11(14(15)16)7-8-12(19-17-2)13(9)18-10-5-3-4-6-10/h7-8,10H,3-6H2,1-2H3,(H,15,16). The second-order valence-electron chi connectivity index (χ2n) is 4.64.